The molecule has 0 radical (unpaired) electrons. The van der Waals surface area contributed by atoms with Crippen LogP contribution in [0.3, 0.4) is 0 Å². The van der Waals surface area contributed by atoms with Crippen LogP contribution in [0.1, 0.15) is 66.6 Å². The smallest absolute Gasteiger partial charge is 0.251 e. The zero-order valence-electron chi connectivity index (χ0n) is 30.3. The van der Waals surface area contributed by atoms with E-state index in [0.717, 1.165) is 16.7 Å². The van der Waals surface area contributed by atoms with Crippen LogP contribution >= 0.6 is 0 Å². The molecule has 16 heteroatoms. The molecule has 0 saturated heterocycles. The maximum Gasteiger partial charge on any atom is 0.251 e. The fourth-order valence-electron chi connectivity index (χ4n) is 5.12. The summed E-state index contributed by atoms with van der Waals surface area (Å²) in [7, 11) is 0. The third-order valence-corrected chi connectivity index (χ3v) is 8.32. The monoisotopic (exact) mass is 731 g/mol. The highest BCUT2D eigenvalue weighted by atomic mass is 16.3. The first-order valence-electron chi connectivity index (χ1n) is 17.3. The minimum absolute atomic E-state index is 0.0795. The molecule has 3 rings (SSSR count). The molecule has 0 spiro atoms. The number of nitrogens with two attached hydrogens (primary N) is 2. The second-order valence-corrected chi connectivity index (χ2v) is 12.7. The minimum Gasteiger partial charge on any atom is -0.391 e. The van der Waals surface area contributed by atoms with Gasteiger partial charge >= 0.3 is 0 Å². The summed E-state index contributed by atoms with van der Waals surface area (Å²) in [5.41, 5.74) is 14.7. The highest BCUT2D eigenvalue weighted by molar-refractivity contribution is 6.01. The molecule has 284 valence electrons. The van der Waals surface area contributed by atoms with Crippen molar-refractivity contribution in [3.8, 4) is 11.1 Å². The molecule has 0 bridgehead atoms. The van der Waals surface area contributed by atoms with Gasteiger partial charge in [0, 0.05) is 24.5 Å². The molecule has 6 atom stereocenters. The number of aromatic nitrogens is 2. The Bertz CT molecular complexity index is 1700. The summed E-state index contributed by atoms with van der Waals surface area (Å²) in [6.45, 7) is 6.12. The Morgan fingerprint density at radius 3 is 1.81 bits per heavy atom. The lowest BCUT2D eigenvalue weighted by Crippen LogP contribution is -2.61. The van der Waals surface area contributed by atoms with Crippen LogP contribution < -0.4 is 38.1 Å². The normalized spacial score (nSPS) is 14.3. The van der Waals surface area contributed by atoms with E-state index in [0.29, 0.717) is 19.4 Å². The first-order chi connectivity index (χ1) is 25.2. The Morgan fingerprint density at radius 2 is 1.25 bits per heavy atom. The average molecular weight is 732 g/mol. The van der Waals surface area contributed by atoms with Gasteiger partial charge in [-0.15, -0.1) is 0 Å². The number of benzene rings is 2. The molecule has 53 heavy (non-hydrogen) atoms. The molecule has 2 aromatic carbocycles. The molecule has 1 heterocycles. The summed E-state index contributed by atoms with van der Waals surface area (Å²) in [4.78, 5) is 86.2. The molecule has 0 saturated carbocycles. The highest BCUT2D eigenvalue weighted by Crippen LogP contribution is 2.20. The maximum absolute atomic E-state index is 13.2. The lowest BCUT2D eigenvalue weighted by atomic mass is 10.0. The number of Topliss-reactive ketones (excluding diaryl/α,β-unsaturated/α-hetero) is 1. The van der Waals surface area contributed by atoms with E-state index < -0.39 is 71.6 Å². The average Bonchev–Trinajstić information content (AvgIpc) is 3.15. The van der Waals surface area contributed by atoms with E-state index in [9.17, 15) is 33.9 Å². The molecule has 3 aromatic rings. The van der Waals surface area contributed by atoms with E-state index in [1.165, 1.54) is 33.2 Å². The van der Waals surface area contributed by atoms with Crippen LogP contribution in [0, 0.1) is 6.92 Å². The van der Waals surface area contributed by atoms with Gasteiger partial charge in [0.05, 0.1) is 12.1 Å². The number of unbranched alkanes of at least 4 members (excludes halogenated alkanes) is 1. The van der Waals surface area contributed by atoms with Crippen molar-refractivity contribution in [1.82, 2.24) is 36.6 Å². The van der Waals surface area contributed by atoms with Crippen LogP contribution in [-0.4, -0.2) is 99.8 Å². The van der Waals surface area contributed by atoms with Crippen molar-refractivity contribution in [2.24, 2.45) is 11.5 Å². The lowest BCUT2D eigenvalue weighted by molar-refractivity contribution is -0.135. The third-order valence-electron chi connectivity index (χ3n) is 8.32. The van der Waals surface area contributed by atoms with Gasteiger partial charge in [0.15, 0.2) is 5.82 Å². The predicted octanol–water partition coefficient (Wildman–Crippen LogP) is -0.119. The fourth-order valence-corrected chi connectivity index (χ4v) is 5.12. The number of carbonyl (C=O) groups is 6. The number of hydrogen-bond acceptors (Lipinski definition) is 11. The highest BCUT2D eigenvalue weighted by Gasteiger charge is 2.32. The molecule has 0 unspecified atom stereocenters. The van der Waals surface area contributed by atoms with Gasteiger partial charge in [-0.3, -0.25) is 28.8 Å². The summed E-state index contributed by atoms with van der Waals surface area (Å²) in [6, 6.07) is 10.1. The van der Waals surface area contributed by atoms with E-state index >= 15 is 0 Å². The first kappa shape index (κ1) is 41.8. The van der Waals surface area contributed by atoms with Crippen LogP contribution in [0.15, 0.2) is 67.0 Å². The van der Waals surface area contributed by atoms with Crippen LogP contribution in [-0.2, 0) is 19.2 Å². The van der Waals surface area contributed by atoms with Gasteiger partial charge in [0.25, 0.3) is 5.91 Å². The topological polar surface area (TPSA) is 261 Å². The molecule has 16 nitrogen and oxygen atoms in total. The van der Waals surface area contributed by atoms with Crippen molar-refractivity contribution in [2.45, 2.75) is 83.3 Å². The number of nitrogens with zero attached hydrogens (tertiary/aromatic N) is 2. The molecular weight excluding hydrogens is 682 g/mol. The minimum atomic E-state index is -1.53. The Hall–Kier alpha value is -5.58. The molecule has 0 aliphatic heterocycles. The summed E-state index contributed by atoms with van der Waals surface area (Å²) in [5, 5.41) is 22.9. The van der Waals surface area contributed by atoms with Crippen molar-refractivity contribution in [3.05, 3.63) is 83.9 Å². The third kappa shape index (κ3) is 12.6. The van der Waals surface area contributed by atoms with Gasteiger partial charge in [0.1, 0.15) is 24.2 Å². The first-order valence-corrected chi connectivity index (χ1v) is 17.3. The lowest BCUT2D eigenvalue weighted by Gasteiger charge is -2.26. The molecule has 1 aromatic heterocycles. The Kier molecular flexibility index (Phi) is 16.1. The zero-order chi connectivity index (χ0) is 39.1. The van der Waals surface area contributed by atoms with Crippen LogP contribution in [0.5, 0.6) is 0 Å². The number of rotatable bonds is 19. The number of aliphatic hydroxyl groups is 1. The maximum atomic E-state index is 13.2. The second-order valence-electron chi connectivity index (χ2n) is 12.7. The van der Waals surface area contributed by atoms with Crippen molar-refractivity contribution in [3.63, 3.8) is 0 Å². The summed E-state index contributed by atoms with van der Waals surface area (Å²) >= 11 is 0. The van der Waals surface area contributed by atoms with Crippen LogP contribution in [0.25, 0.3) is 11.1 Å². The number of carbonyl (C=O) groups excluding carboxylic acids is 6. The second kappa shape index (κ2) is 20.5. The van der Waals surface area contributed by atoms with Gasteiger partial charge in [-0.25, -0.2) is 9.97 Å². The molecular formula is C37H49N9O7. The van der Waals surface area contributed by atoms with E-state index in [1.54, 1.807) is 30.3 Å². The van der Waals surface area contributed by atoms with E-state index in [1.807, 2.05) is 31.2 Å². The molecule has 0 fully saturated rings. The Morgan fingerprint density at radius 1 is 0.679 bits per heavy atom. The quantitative estimate of drug-likeness (QED) is 0.0595. The summed E-state index contributed by atoms with van der Waals surface area (Å²) < 4.78 is 0. The van der Waals surface area contributed by atoms with Crippen molar-refractivity contribution in [1.29, 1.82) is 0 Å². The number of amides is 5. The van der Waals surface area contributed by atoms with Gasteiger partial charge in [0.2, 0.25) is 29.4 Å². The van der Waals surface area contributed by atoms with Gasteiger partial charge < -0.3 is 43.2 Å². The largest absolute Gasteiger partial charge is 0.391 e. The number of ketones is 1. The van der Waals surface area contributed by atoms with Gasteiger partial charge in [-0.1, -0.05) is 42.0 Å². The molecule has 0 aliphatic carbocycles. The molecule has 5 amide bonds. The van der Waals surface area contributed by atoms with Crippen LogP contribution in [0.4, 0.5) is 0 Å². The van der Waals surface area contributed by atoms with Gasteiger partial charge in [-0.2, -0.15) is 0 Å². The predicted molar refractivity (Wildman–Crippen MR) is 197 cm³/mol. The van der Waals surface area contributed by atoms with Crippen molar-refractivity contribution >= 4 is 35.3 Å². The number of aryl methyl sites for hydroxylation is 1. The zero-order valence-corrected chi connectivity index (χ0v) is 30.3. The SMILES string of the molecule is Cc1ccc(-c2ccc(C(=O)N[C@@H](CN)C(=O)N[C@H](C(=O)N[C@@H](C)C(=O)N[C@@H](CCCCN)C(=O)N[C@@H](C)C(=O)c3ncccn3)[C@@H](C)O)cc2)cc1. The molecule has 10 N–H and O–H groups in total. The van der Waals surface area contributed by atoms with Crippen LogP contribution in [0.2, 0.25) is 0 Å². The summed E-state index contributed by atoms with van der Waals surface area (Å²) in [5.74, 6) is -4.31. The standard InChI is InChI=1S/C37H49N9O7/c1-21-9-11-25(12-10-21)26-13-15-27(16-14-26)34(50)45-29(20-39)36(52)46-30(24(4)47)37(53)43-23(3)33(49)44-28(8-5-6-17-38)35(51)42-22(2)31(48)32-40-18-7-19-41-32/h7,9-16,18-19,22-24,28-30,47H,5-6,8,17,20,38-39H2,1-4H3,(H,42,51)(H,43,53)(H,44,49)(H,45,50)(H,46,52)/t22-,23-,24+,28-,29-,30-/m0/s1. The van der Waals surface area contributed by atoms with Crippen molar-refractivity contribution < 1.29 is 33.9 Å². The number of hydrogen-bond donors (Lipinski definition) is 8. The Labute approximate surface area is 308 Å². The number of nitrogens with one attached hydrogen (secondary N) is 5. The number of aliphatic hydroxyl groups excluding tert-OH is 1. The van der Waals surface area contributed by atoms with E-state index in [2.05, 4.69) is 36.6 Å². The Balaban J connectivity index is 1.60. The van der Waals surface area contributed by atoms with E-state index in [-0.39, 0.29) is 24.4 Å². The summed E-state index contributed by atoms with van der Waals surface area (Å²) in [6.07, 6.45) is 2.62. The van der Waals surface area contributed by atoms with Gasteiger partial charge in [-0.05, 0) is 82.8 Å². The van der Waals surface area contributed by atoms with Crippen molar-refractivity contribution in [2.75, 3.05) is 13.1 Å². The molecule has 0 aliphatic rings. The van der Waals surface area contributed by atoms with E-state index in [4.69, 9.17) is 11.5 Å². The fraction of sp³-hybridized carbons (Fsp3) is 0.405.